The van der Waals surface area contributed by atoms with Gasteiger partial charge in [-0.05, 0) is 25.7 Å². The van der Waals surface area contributed by atoms with Crippen molar-refractivity contribution in [3.05, 3.63) is 0 Å². The first-order valence-corrected chi connectivity index (χ1v) is 8.64. The van der Waals surface area contributed by atoms with Gasteiger partial charge in [-0.1, -0.05) is 58.3 Å². The van der Waals surface area contributed by atoms with Crippen molar-refractivity contribution in [2.45, 2.75) is 102 Å². The molecule has 0 amide bonds. The highest BCUT2D eigenvalue weighted by Gasteiger charge is 2.43. The molecular formula is C17H32O2. The normalized spacial score (nSPS) is 30.9. The second-order valence-electron chi connectivity index (χ2n) is 6.60. The molecule has 0 aliphatic carbocycles. The maximum absolute atomic E-state index is 10.3. The van der Waals surface area contributed by atoms with Crippen molar-refractivity contribution in [2.24, 2.45) is 5.92 Å². The Morgan fingerprint density at radius 3 is 2.26 bits per heavy atom. The lowest BCUT2D eigenvalue weighted by molar-refractivity contribution is 0.0377. The SMILES string of the molecule is CCCCCCCCCCC(O)C1CC2CCC1O2. The van der Waals surface area contributed by atoms with Gasteiger partial charge in [0.2, 0.25) is 0 Å². The molecule has 2 nitrogen and oxygen atoms in total. The molecule has 2 fully saturated rings. The van der Waals surface area contributed by atoms with Gasteiger partial charge in [0.05, 0.1) is 18.3 Å². The fourth-order valence-electron chi connectivity index (χ4n) is 3.78. The lowest BCUT2D eigenvalue weighted by Gasteiger charge is -2.24. The van der Waals surface area contributed by atoms with Crippen molar-refractivity contribution in [2.75, 3.05) is 0 Å². The van der Waals surface area contributed by atoms with Gasteiger partial charge in [-0.15, -0.1) is 0 Å². The average molecular weight is 268 g/mol. The Hall–Kier alpha value is -0.0800. The molecule has 0 aromatic carbocycles. The first kappa shape index (κ1) is 15.3. The summed E-state index contributed by atoms with van der Waals surface area (Å²) >= 11 is 0. The first-order valence-electron chi connectivity index (χ1n) is 8.64. The molecule has 2 bridgehead atoms. The minimum Gasteiger partial charge on any atom is -0.393 e. The van der Waals surface area contributed by atoms with Crippen molar-refractivity contribution in [3.63, 3.8) is 0 Å². The van der Waals surface area contributed by atoms with Crippen LogP contribution in [0.1, 0.15) is 84.0 Å². The highest BCUT2D eigenvalue weighted by molar-refractivity contribution is 4.92. The second kappa shape index (κ2) is 8.26. The fourth-order valence-corrected chi connectivity index (χ4v) is 3.78. The zero-order valence-corrected chi connectivity index (χ0v) is 12.7. The van der Waals surface area contributed by atoms with Gasteiger partial charge >= 0.3 is 0 Å². The third-order valence-corrected chi connectivity index (χ3v) is 5.00. The predicted octanol–water partition coefficient (Wildman–Crippen LogP) is 4.45. The molecule has 2 saturated heterocycles. The monoisotopic (exact) mass is 268 g/mol. The zero-order valence-electron chi connectivity index (χ0n) is 12.7. The summed E-state index contributed by atoms with van der Waals surface area (Å²) in [4.78, 5) is 0. The van der Waals surface area contributed by atoms with Gasteiger partial charge in [0.25, 0.3) is 0 Å². The van der Waals surface area contributed by atoms with E-state index in [2.05, 4.69) is 6.92 Å². The van der Waals surface area contributed by atoms with Crippen LogP contribution in [0.4, 0.5) is 0 Å². The standard InChI is InChI=1S/C17H32O2/c1-2-3-4-5-6-7-8-9-10-16(18)15-13-14-11-12-17(15)19-14/h14-18H,2-13H2,1H3. The molecule has 0 saturated carbocycles. The van der Waals surface area contributed by atoms with Crippen molar-refractivity contribution in [1.29, 1.82) is 0 Å². The smallest absolute Gasteiger partial charge is 0.0633 e. The zero-order chi connectivity index (χ0) is 13.5. The number of aliphatic hydroxyl groups is 1. The lowest BCUT2D eigenvalue weighted by Crippen LogP contribution is -2.29. The van der Waals surface area contributed by atoms with Crippen molar-refractivity contribution < 1.29 is 9.84 Å². The van der Waals surface area contributed by atoms with Crippen LogP contribution in [-0.4, -0.2) is 23.4 Å². The summed E-state index contributed by atoms with van der Waals surface area (Å²) in [5.74, 6) is 0.448. The quantitative estimate of drug-likeness (QED) is 0.593. The number of unbranched alkanes of at least 4 members (excludes halogenated alkanes) is 7. The van der Waals surface area contributed by atoms with Gasteiger partial charge < -0.3 is 9.84 Å². The summed E-state index contributed by atoms with van der Waals surface area (Å²) in [6.07, 6.45) is 16.0. The van der Waals surface area contributed by atoms with Crippen LogP contribution in [0.25, 0.3) is 0 Å². The van der Waals surface area contributed by atoms with Crippen LogP contribution >= 0.6 is 0 Å². The highest BCUT2D eigenvalue weighted by atomic mass is 16.5. The molecule has 2 heteroatoms. The number of ether oxygens (including phenoxy) is 1. The summed E-state index contributed by atoms with van der Waals surface area (Å²) in [5, 5.41) is 10.3. The summed E-state index contributed by atoms with van der Waals surface area (Å²) < 4.78 is 5.83. The first-order chi connectivity index (χ1) is 9.31. The Bertz CT molecular complexity index is 241. The predicted molar refractivity (Wildman–Crippen MR) is 79.2 cm³/mol. The Morgan fingerprint density at radius 1 is 1.00 bits per heavy atom. The van der Waals surface area contributed by atoms with E-state index in [9.17, 15) is 5.11 Å². The molecule has 2 heterocycles. The van der Waals surface area contributed by atoms with E-state index in [0.717, 1.165) is 12.8 Å². The topological polar surface area (TPSA) is 29.5 Å². The minimum absolute atomic E-state index is 0.101. The molecular weight excluding hydrogens is 236 g/mol. The van der Waals surface area contributed by atoms with E-state index >= 15 is 0 Å². The summed E-state index contributed by atoms with van der Waals surface area (Å²) in [5.41, 5.74) is 0. The van der Waals surface area contributed by atoms with Gasteiger partial charge in [0, 0.05) is 5.92 Å². The lowest BCUT2D eigenvalue weighted by atomic mass is 9.83. The highest BCUT2D eigenvalue weighted by Crippen LogP contribution is 2.41. The minimum atomic E-state index is -0.101. The largest absolute Gasteiger partial charge is 0.393 e. The van der Waals surface area contributed by atoms with Gasteiger partial charge in [-0.2, -0.15) is 0 Å². The molecule has 0 aromatic heterocycles. The molecule has 19 heavy (non-hydrogen) atoms. The maximum Gasteiger partial charge on any atom is 0.0633 e. The van der Waals surface area contributed by atoms with Crippen LogP contribution in [0.15, 0.2) is 0 Å². The molecule has 2 aliphatic rings. The van der Waals surface area contributed by atoms with E-state index in [4.69, 9.17) is 4.74 Å². The van der Waals surface area contributed by atoms with Gasteiger partial charge in [0.15, 0.2) is 0 Å². The third kappa shape index (κ3) is 4.75. The van der Waals surface area contributed by atoms with Crippen LogP contribution in [-0.2, 0) is 4.74 Å². The maximum atomic E-state index is 10.3. The van der Waals surface area contributed by atoms with Crippen LogP contribution in [0.5, 0.6) is 0 Å². The average Bonchev–Trinajstić information content (AvgIpc) is 3.04. The van der Waals surface area contributed by atoms with E-state index in [0.29, 0.717) is 18.1 Å². The molecule has 1 N–H and O–H groups in total. The number of rotatable bonds is 10. The molecule has 112 valence electrons. The van der Waals surface area contributed by atoms with Crippen molar-refractivity contribution >= 4 is 0 Å². The van der Waals surface area contributed by atoms with Crippen LogP contribution in [0.3, 0.4) is 0 Å². The summed E-state index contributed by atoms with van der Waals surface area (Å²) in [7, 11) is 0. The summed E-state index contributed by atoms with van der Waals surface area (Å²) in [6, 6.07) is 0. The number of hydrogen-bond donors (Lipinski definition) is 1. The number of fused-ring (bicyclic) bond motifs is 2. The molecule has 0 radical (unpaired) electrons. The second-order valence-corrected chi connectivity index (χ2v) is 6.60. The molecule has 4 atom stereocenters. The summed E-state index contributed by atoms with van der Waals surface area (Å²) in [6.45, 7) is 2.26. The van der Waals surface area contributed by atoms with Crippen LogP contribution < -0.4 is 0 Å². The molecule has 2 rings (SSSR count). The van der Waals surface area contributed by atoms with E-state index in [1.54, 1.807) is 0 Å². The van der Waals surface area contributed by atoms with E-state index < -0.39 is 0 Å². The van der Waals surface area contributed by atoms with Crippen molar-refractivity contribution in [1.82, 2.24) is 0 Å². The van der Waals surface area contributed by atoms with Gasteiger partial charge in [-0.25, -0.2) is 0 Å². The Kier molecular flexibility index (Phi) is 6.66. The molecule has 4 unspecified atom stereocenters. The van der Waals surface area contributed by atoms with Crippen LogP contribution in [0.2, 0.25) is 0 Å². The van der Waals surface area contributed by atoms with E-state index in [-0.39, 0.29) is 6.10 Å². The van der Waals surface area contributed by atoms with E-state index in [1.807, 2.05) is 0 Å². The Balaban J connectivity index is 1.45. The van der Waals surface area contributed by atoms with Gasteiger partial charge in [0.1, 0.15) is 0 Å². The number of aliphatic hydroxyl groups excluding tert-OH is 1. The van der Waals surface area contributed by atoms with Crippen LogP contribution in [0, 0.1) is 5.92 Å². The molecule has 0 aromatic rings. The van der Waals surface area contributed by atoms with Crippen molar-refractivity contribution in [3.8, 4) is 0 Å². The Morgan fingerprint density at radius 2 is 1.68 bits per heavy atom. The van der Waals surface area contributed by atoms with Gasteiger partial charge in [-0.3, -0.25) is 0 Å². The third-order valence-electron chi connectivity index (χ3n) is 5.00. The fraction of sp³-hybridized carbons (Fsp3) is 1.00. The molecule has 0 spiro atoms. The Labute approximate surface area is 118 Å². The molecule has 2 aliphatic heterocycles. The van der Waals surface area contributed by atoms with E-state index in [1.165, 1.54) is 64.2 Å². The number of hydrogen-bond acceptors (Lipinski definition) is 2.